The van der Waals surface area contributed by atoms with Gasteiger partial charge in [-0.3, -0.25) is 0 Å². The van der Waals surface area contributed by atoms with Gasteiger partial charge in [0.05, 0.1) is 12.8 Å². The fourth-order valence-corrected chi connectivity index (χ4v) is 3.04. The molecule has 2 aromatic rings. The van der Waals surface area contributed by atoms with Crippen LogP contribution in [0.15, 0.2) is 30.5 Å². The molecule has 7 nitrogen and oxygen atoms in total. The van der Waals surface area contributed by atoms with Crippen LogP contribution in [0.2, 0.25) is 0 Å². The SMILES string of the molecule is COc1ccccc1N1CCC(NCc2cnc(N)nc2N)CC1. The predicted molar refractivity (Wildman–Crippen MR) is 95.9 cm³/mol. The van der Waals surface area contributed by atoms with Gasteiger partial charge in [-0.25, -0.2) is 4.98 Å². The Balaban J connectivity index is 1.53. The van der Waals surface area contributed by atoms with Crippen LogP contribution in [0.3, 0.4) is 0 Å². The Morgan fingerprint density at radius 1 is 1.25 bits per heavy atom. The lowest BCUT2D eigenvalue weighted by Gasteiger charge is -2.34. The zero-order chi connectivity index (χ0) is 16.9. The molecule has 2 heterocycles. The molecule has 0 unspecified atom stereocenters. The molecule has 7 heteroatoms. The van der Waals surface area contributed by atoms with Gasteiger partial charge in [-0.15, -0.1) is 0 Å². The van der Waals surface area contributed by atoms with E-state index < -0.39 is 0 Å². The quantitative estimate of drug-likeness (QED) is 0.762. The molecule has 0 spiro atoms. The highest BCUT2D eigenvalue weighted by molar-refractivity contribution is 5.58. The highest BCUT2D eigenvalue weighted by Crippen LogP contribution is 2.29. The summed E-state index contributed by atoms with van der Waals surface area (Å²) in [5.74, 6) is 1.58. The Hall–Kier alpha value is -2.54. The van der Waals surface area contributed by atoms with Gasteiger partial charge >= 0.3 is 0 Å². The molecule has 1 aromatic heterocycles. The molecule has 1 saturated heterocycles. The van der Waals surface area contributed by atoms with Crippen LogP contribution in [-0.2, 0) is 6.54 Å². The number of piperidine rings is 1. The molecule has 1 aliphatic rings. The number of rotatable bonds is 5. The zero-order valence-corrected chi connectivity index (χ0v) is 13.9. The summed E-state index contributed by atoms with van der Waals surface area (Å²) in [4.78, 5) is 10.4. The molecule has 0 bridgehead atoms. The lowest BCUT2D eigenvalue weighted by atomic mass is 10.0. The number of hydrogen-bond donors (Lipinski definition) is 3. The molecule has 0 atom stereocenters. The van der Waals surface area contributed by atoms with Gasteiger partial charge in [0.2, 0.25) is 5.95 Å². The monoisotopic (exact) mass is 328 g/mol. The molecule has 128 valence electrons. The van der Waals surface area contributed by atoms with Crippen LogP contribution < -0.4 is 26.4 Å². The van der Waals surface area contributed by atoms with Gasteiger partial charge in [0.25, 0.3) is 0 Å². The van der Waals surface area contributed by atoms with E-state index in [9.17, 15) is 0 Å². The fourth-order valence-electron chi connectivity index (χ4n) is 3.04. The van der Waals surface area contributed by atoms with Crippen molar-refractivity contribution in [2.75, 3.05) is 36.6 Å². The van der Waals surface area contributed by atoms with Crippen molar-refractivity contribution >= 4 is 17.5 Å². The number of hydrogen-bond acceptors (Lipinski definition) is 7. The van der Waals surface area contributed by atoms with E-state index in [0.29, 0.717) is 18.4 Å². The normalized spacial score (nSPS) is 15.5. The Kier molecular flexibility index (Phi) is 5.00. The van der Waals surface area contributed by atoms with Gasteiger partial charge in [-0.2, -0.15) is 4.98 Å². The molecule has 0 radical (unpaired) electrons. The van der Waals surface area contributed by atoms with Gasteiger partial charge in [0.15, 0.2) is 0 Å². The standard InChI is InChI=1S/C17H24N6O/c1-24-15-5-3-2-4-14(15)23-8-6-13(7-9-23)20-10-12-11-21-17(19)22-16(12)18/h2-5,11,13,20H,6-10H2,1H3,(H4,18,19,21,22). The van der Waals surface area contributed by atoms with Gasteiger partial charge in [-0.1, -0.05) is 12.1 Å². The van der Waals surface area contributed by atoms with E-state index in [0.717, 1.165) is 42.9 Å². The van der Waals surface area contributed by atoms with Gasteiger partial charge in [-0.05, 0) is 25.0 Å². The summed E-state index contributed by atoms with van der Waals surface area (Å²) in [6.45, 7) is 2.64. The van der Waals surface area contributed by atoms with Crippen molar-refractivity contribution in [1.82, 2.24) is 15.3 Å². The summed E-state index contributed by atoms with van der Waals surface area (Å²) >= 11 is 0. The van der Waals surface area contributed by atoms with E-state index in [4.69, 9.17) is 16.2 Å². The summed E-state index contributed by atoms with van der Waals surface area (Å²) in [6, 6.07) is 8.61. The van der Waals surface area contributed by atoms with Crippen LogP contribution in [0, 0.1) is 0 Å². The highest BCUT2D eigenvalue weighted by Gasteiger charge is 2.21. The maximum atomic E-state index is 5.87. The molecular formula is C17H24N6O. The van der Waals surface area contributed by atoms with Crippen molar-refractivity contribution in [3.05, 3.63) is 36.0 Å². The van der Waals surface area contributed by atoms with Gasteiger partial charge in [0.1, 0.15) is 11.6 Å². The summed E-state index contributed by atoms with van der Waals surface area (Å²) in [5.41, 5.74) is 13.4. The van der Waals surface area contributed by atoms with E-state index >= 15 is 0 Å². The average Bonchev–Trinajstić information content (AvgIpc) is 2.61. The number of anilines is 3. The molecule has 5 N–H and O–H groups in total. The molecular weight excluding hydrogens is 304 g/mol. The maximum Gasteiger partial charge on any atom is 0.221 e. The predicted octanol–water partition coefficient (Wildman–Crippen LogP) is 1.41. The number of ether oxygens (including phenoxy) is 1. The number of aromatic nitrogens is 2. The Bertz CT molecular complexity index is 685. The summed E-state index contributed by atoms with van der Waals surface area (Å²) < 4.78 is 5.46. The second kappa shape index (κ2) is 7.35. The van der Waals surface area contributed by atoms with Crippen molar-refractivity contribution in [2.45, 2.75) is 25.4 Å². The Morgan fingerprint density at radius 2 is 2.00 bits per heavy atom. The molecule has 24 heavy (non-hydrogen) atoms. The van der Waals surface area contributed by atoms with E-state index in [1.165, 1.54) is 0 Å². The number of nitrogens with zero attached hydrogens (tertiary/aromatic N) is 3. The smallest absolute Gasteiger partial charge is 0.221 e. The zero-order valence-electron chi connectivity index (χ0n) is 13.9. The first-order valence-electron chi connectivity index (χ1n) is 8.15. The van der Waals surface area contributed by atoms with Crippen LogP contribution in [0.4, 0.5) is 17.5 Å². The minimum atomic E-state index is 0.210. The Labute approximate surface area is 142 Å². The minimum Gasteiger partial charge on any atom is -0.495 e. The highest BCUT2D eigenvalue weighted by atomic mass is 16.5. The summed E-state index contributed by atoms with van der Waals surface area (Å²) in [6.07, 6.45) is 3.82. The largest absolute Gasteiger partial charge is 0.495 e. The van der Waals surface area contributed by atoms with Crippen molar-refractivity contribution in [2.24, 2.45) is 0 Å². The van der Waals surface area contributed by atoms with Crippen LogP contribution in [0.5, 0.6) is 5.75 Å². The van der Waals surface area contributed by atoms with Crippen LogP contribution in [0.1, 0.15) is 18.4 Å². The molecule has 1 aromatic carbocycles. The lowest BCUT2D eigenvalue weighted by molar-refractivity contribution is 0.397. The van der Waals surface area contributed by atoms with Gasteiger partial charge < -0.3 is 26.4 Å². The van der Waals surface area contributed by atoms with Crippen molar-refractivity contribution in [1.29, 1.82) is 0 Å². The number of para-hydroxylation sites is 2. The van der Waals surface area contributed by atoms with E-state index in [2.05, 4.69) is 26.3 Å². The van der Waals surface area contributed by atoms with Gasteiger partial charge in [0, 0.05) is 37.4 Å². The molecule has 0 saturated carbocycles. The summed E-state index contributed by atoms with van der Waals surface area (Å²) in [7, 11) is 1.71. The first kappa shape index (κ1) is 16.3. The third kappa shape index (κ3) is 3.68. The fraction of sp³-hybridized carbons (Fsp3) is 0.412. The average molecular weight is 328 g/mol. The summed E-state index contributed by atoms with van der Waals surface area (Å²) in [5, 5.41) is 3.54. The lowest BCUT2D eigenvalue weighted by Crippen LogP contribution is -2.42. The number of nitrogen functional groups attached to an aromatic ring is 2. The molecule has 3 rings (SSSR count). The maximum absolute atomic E-state index is 5.87. The molecule has 0 amide bonds. The van der Waals surface area contributed by atoms with E-state index in [1.54, 1.807) is 13.3 Å². The number of nitrogens with one attached hydrogen (secondary N) is 1. The number of methoxy groups -OCH3 is 1. The minimum absolute atomic E-state index is 0.210. The second-order valence-corrected chi connectivity index (χ2v) is 5.95. The molecule has 1 fully saturated rings. The van der Waals surface area contributed by atoms with Crippen LogP contribution >= 0.6 is 0 Å². The van der Waals surface area contributed by atoms with E-state index in [1.807, 2.05) is 18.2 Å². The Morgan fingerprint density at radius 3 is 2.71 bits per heavy atom. The number of benzene rings is 1. The van der Waals surface area contributed by atoms with Crippen LogP contribution in [-0.4, -0.2) is 36.2 Å². The van der Waals surface area contributed by atoms with Crippen molar-refractivity contribution in [3.63, 3.8) is 0 Å². The molecule has 1 aliphatic heterocycles. The van der Waals surface area contributed by atoms with E-state index in [-0.39, 0.29) is 5.95 Å². The van der Waals surface area contributed by atoms with Crippen LogP contribution in [0.25, 0.3) is 0 Å². The van der Waals surface area contributed by atoms with Crippen molar-refractivity contribution in [3.8, 4) is 5.75 Å². The number of nitrogens with two attached hydrogens (primary N) is 2. The third-order valence-electron chi connectivity index (χ3n) is 4.42. The topological polar surface area (TPSA) is 102 Å². The second-order valence-electron chi connectivity index (χ2n) is 5.95. The molecule has 0 aliphatic carbocycles. The van der Waals surface area contributed by atoms with Crippen molar-refractivity contribution < 1.29 is 4.74 Å². The third-order valence-corrected chi connectivity index (χ3v) is 4.42. The first-order valence-corrected chi connectivity index (χ1v) is 8.15. The first-order chi connectivity index (χ1) is 11.7.